The quantitative estimate of drug-likeness (QED) is 0.520. The highest BCUT2D eigenvalue weighted by Gasteiger charge is 2.12. The Hall–Kier alpha value is -0.870. The van der Waals surface area contributed by atoms with E-state index in [9.17, 15) is 0 Å². The van der Waals surface area contributed by atoms with Gasteiger partial charge < -0.3 is 14.0 Å². The Morgan fingerprint density at radius 3 is 2.43 bits per heavy atom. The second-order valence-electron chi connectivity index (χ2n) is 5.72. The molecule has 0 radical (unpaired) electrons. The molecule has 4 heteroatoms. The van der Waals surface area contributed by atoms with Crippen molar-refractivity contribution < 1.29 is 9.47 Å². The molecule has 0 aliphatic rings. The normalized spacial score (nSPS) is 12.7. The smallest absolute Gasteiger partial charge is 0.0946 e. The van der Waals surface area contributed by atoms with Crippen molar-refractivity contribution in [2.45, 2.75) is 64.9 Å². The lowest BCUT2D eigenvalue weighted by Crippen LogP contribution is -2.24. The van der Waals surface area contributed by atoms with Gasteiger partial charge in [0, 0.05) is 32.9 Å². The van der Waals surface area contributed by atoms with E-state index in [0.29, 0.717) is 6.61 Å². The van der Waals surface area contributed by atoms with Crippen LogP contribution in [0.1, 0.15) is 58.1 Å². The number of imidazole rings is 1. The van der Waals surface area contributed by atoms with E-state index in [1.807, 2.05) is 17.9 Å². The lowest BCUT2D eigenvalue weighted by atomic mass is 10.2. The van der Waals surface area contributed by atoms with Gasteiger partial charge in [-0.3, -0.25) is 0 Å². The summed E-state index contributed by atoms with van der Waals surface area (Å²) in [6, 6.07) is 0. The van der Waals surface area contributed by atoms with Crippen LogP contribution in [0.3, 0.4) is 0 Å². The molecule has 0 N–H and O–H groups in total. The molecule has 122 valence electrons. The molecule has 0 aliphatic carbocycles. The van der Waals surface area contributed by atoms with Crippen molar-refractivity contribution in [1.29, 1.82) is 0 Å². The number of ether oxygens (including phenoxy) is 2. The topological polar surface area (TPSA) is 36.3 Å². The maximum Gasteiger partial charge on any atom is 0.0946 e. The third kappa shape index (κ3) is 8.89. The molecule has 1 unspecified atom stereocenters. The predicted octanol–water partition coefficient (Wildman–Crippen LogP) is 3.74. The van der Waals surface area contributed by atoms with Crippen LogP contribution in [0.2, 0.25) is 0 Å². The van der Waals surface area contributed by atoms with Gasteiger partial charge in [0.2, 0.25) is 0 Å². The molecule has 1 aromatic heterocycles. The fraction of sp³-hybridized carbons (Fsp3) is 0.824. The minimum absolute atomic E-state index is 0.124. The average molecular weight is 296 g/mol. The van der Waals surface area contributed by atoms with E-state index in [1.54, 1.807) is 0 Å². The van der Waals surface area contributed by atoms with Crippen molar-refractivity contribution in [3.63, 3.8) is 0 Å². The molecule has 0 amide bonds. The van der Waals surface area contributed by atoms with Gasteiger partial charge in [-0.2, -0.15) is 0 Å². The fourth-order valence-corrected chi connectivity index (χ4v) is 2.24. The van der Waals surface area contributed by atoms with E-state index >= 15 is 0 Å². The summed E-state index contributed by atoms with van der Waals surface area (Å²) in [6.45, 7) is 6.75. The first-order valence-corrected chi connectivity index (χ1v) is 8.42. The van der Waals surface area contributed by atoms with Crippen LogP contribution in [0.15, 0.2) is 12.5 Å². The molecule has 0 aliphatic heterocycles. The van der Waals surface area contributed by atoms with Crippen molar-refractivity contribution in [2.75, 3.05) is 19.8 Å². The van der Waals surface area contributed by atoms with E-state index in [0.717, 1.165) is 38.2 Å². The Balaban J connectivity index is 2.30. The minimum atomic E-state index is 0.124. The number of aromatic nitrogens is 2. The van der Waals surface area contributed by atoms with Gasteiger partial charge in [0.15, 0.2) is 0 Å². The summed E-state index contributed by atoms with van der Waals surface area (Å²) < 4.78 is 13.7. The molecule has 21 heavy (non-hydrogen) atoms. The lowest BCUT2D eigenvalue weighted by molar-refractivity contribution is -0.0183. The van der Waals surface area contributed by atoms with Crippen molar-refractivity contribution in [3.8, 4) is 0 Å². The van der Waals surface area contributed by atoms with Crippen LogP contribution in [-0.2, 0) is 22.9 Å². The maximum absolute atomic E-state index is 5.99. The highest BCUT2D eigenvalue weighted by Crippen LogP contribution is 2.07. The van der Waals surface area contributed by atoms with E-state index < -0.39 is 0 Å². The van der Waals surface area contributed by atoms with Crippen LogP contribution >= 0.6 is 0 Å². The van der Waals surface area contributed by atoms with Gasteiger partial charge >= 0.3 is 0 Å². The van der Waals surface area contributed by atoms with Crippen molar-refractivity contribution in [3.05, 3.63) is 18.2 Å². The first-order chi connectivity index (χ1) is 10.3. The standard InChI is InChI=1S/C17H32N2O2/c1-4-6-8-10-20-14-17(21-11-9-7-5-2)12-16-13-19(3)15-18-16/h13,15,17H,4-12,14H2,1-3H3. The lowest BCUT2D eigenvalue weighted by Gasteiger charge is -2.17. The number of aryl methyl sites for hydroxylation is 1. The maximum atomic E-state index is 5.99. The molecule has 1 atom stereocenters. The number of hydrogen-bond acceptors (Lipinski definition) is 3. The third-order valence-electron chi connectivity index (χ3n) is 3.49. The Labute approximate surface area is 129 Å². The van der Waals surface area contributed by atoms with Gasteiger partial charge in [0.05, 0.1) is 24.7 Å². The molecular formula is C17H32N2O2. The van der Waals surface area contributed by atoms with Gasteiger partial charge in [0.25, 0.3) is 0 Å². The molecule has 0 spiro atoms. The number of nitrogens with zero attached hydrogens (tertiary/aromatic N) is 2. The molecule has 0 aromatic carbocycles. The highest BCUT2D eigenvalue weighted by molar-refractivity contribution is 4.98. The second-order valence-corrected chi connectivity index (χ2v) is 5.72. The zero-order valence-electron chi connectivity index (χ0n) is 14.0. The predicted molar refractivity (Wildman–Crippen MR) is 86.5 cm³/mol. The van der Waals surface area contributed by atoms with Crippen LogP contribution in [0, 0.1) is 0 Å². The largest absolute Gasteiger partial charge is 0.379 e. The van der Waals surface area contributed by atoms with Gasteiger partial charge in [-0.15, -0.1) is 0 Å². The van der Waals surface area contributed by atoms with Gasteiger partial charge in [-0.25, -0.2) is 4.98 Å². The summed E-state index contributed by atoms with van der Waals surface area (Å²) in [5, 5.41) is 0. The molecule has 1 rings (SSSR count). The Kier molecular flexibility index (Phi) is 10.2. The first kappa shape index (κ1) is 18.2. The Morgan fingerprint density at radius 2 is 1.81 bits per heavy atom. The molecular weight excluding hydrogens is 264 g/mol. The second kappa shape index (κ2) is 11.8. The monoisotopic (exact) mass is 296 g/mol. The minimum Gasteiger partial charge on any atom is -0.379 e. The zero-order chi connectivity index (χ0) is 15.3. The Morgan fingerprint density at radius 1 is 1.10 bits per heavy atom. The summed E-state index contributed by atoms with van der Waals surface area (Å²) in [6.07, 6.45) is 12.0. The molecule has 0 bridgehead atoms. The summed E-state index contributed by atoms with van der Waals surface area (Å²) in [7, 11) is 1.99. The van der Waals surface area contributed by atoms with Crippen molar-refractivity contribution in [2.24, 2.45) is 7.05 Å². The third-order valence-corrected chi connectivity index (χ3v) is 3.49. The SMILES string of the molecule is CCCCCOCC(Cc1cn(C)cn1)OCCCCC. The van der Waals surface area contributed by atoms with Crippen LogP contribution in [-0.4, -0.2) is 35.5 Å². The van der Waals surface area contributed by atoms with Crippen LogP contribution in [0.25, 0.3) is 0 Å². The van der Waals surface area contributed by atoms with Crippen molar-refractivity contribution >= 4 is 0 Å². The fourth-order valence-electron chi connectivity index (χ4n) is 2.24. The van der Waals surface area contributed by atoms with Gasteiger partial charge in [-0.1, -0.05) is 39.5 Å². The number of rotatable bonds is 13. The summed E-state index contributed by atoms with van der Waals surface area (Å²) in [5.74, 6) is 0. The molecule has 4 nitrogen and oxygen atoms in total. The summed E-state index contributed by atoms with van der Waals surface area (Å²) >= 11 is 0. The highest BCUT2D eigenvalue weighted by atomic mass is 16.5. The van der Waals surface area contributed by atoms with E-state index in [2.05, 4.69) is 25.0 Å². The average Bonchev–Trinajstić information content (AvgIpc) is 2.88. The van der Waals surface area contributed by atoms with E-state index in [1.165, 1.54) is 25.7 Å². The number of unbranched alkanes of at least 4 members (excludes halogenated alkanes) is 4. The van der Waals surface area contributed by atoms with Gasteiger partial charge in [-0.05, 0) is 12.8 Å². The van der Waals surface area contributed by atoms with Crippen LogP contribution in [0.4, 0.5) is 0 Å². The molecule has 1 heterocycles. The van der Waals surface area contributed by atoms with Crippen LogP contribution in [0.5, 0.6) is 0 Å². The summed E-state index contributed by atoms with van der Waals surface area (Å²) in [5.41, 5.74) is 1.08. The first-order valence-electron chi connectivity index (χ1n) is 8.42. The number of hydrogen-bond donors (Lipinski definition) is 0. The van der Waals surface area contributed by atoms with E-state index in [4.69, 9.17) is 9.47 Å². The van der Waals surface area contributed by atoms with Gasteiger partial charge in [0.1, 0.15) is 0 Å². The summed E-state index contributed by atoms with van der Waals surface area (Å²) in [4.78, 5) is 4.39. The van der Waals surface area contributed by atoms with E-state index in [-0.39, 0.29) is 6.10 Å². The molecule has 0 saturated heterocycles. The zero-order valence-corrected chi connectivity index (χ0v) is 14.0. The van der Waals surface area contributed by atoms with Crippen LogP contribution < -0.4 is 0 Å². The van der Waals surface area contributed by atoms with Crippen molar-refractivity contribution in [1.82, 2.24) is 9.55 Å². The Bertz CT molecular complexity index is 352. The molecule has 0 saturated carbocycles. The molecule has 0 fully saturated rings. The molecule has 1 aromatic rings.